The Hall–Kier alpha value is -3.71. The Balaban J connectivity index is 0.00000112. The Morgan fingerprint density at radius 2 is 1.96 bits per heavy atom. The molecule has 116 valence electrons. The Bertz CT molecular complexity index is 682. The van der Waals surface area contributed by atoms with Crippen LogP contribution in [0.25, 0.3) is 0 Å². The van der Waals surface area contributed by atoms with Gasteiger partial charge in [0.2, 0.25) is 0 Å². The van der Waals surface area contributed by atoms with Crippen molar-refractivity contribution in [3.8, 4) is 13.1 Å². The Kier molecular flexibility index (Phi) is 9.23. The van der Waals surface area contributed by atoms with Crippen molar-refractivity contribution >= 4 is 17.9 Å². The van der Waals surface area contributed by atoms with E-state index in [1.807, 2.05) is 25.1 Å². The molecule has 2 aromatic rings. The summed E-state index contributed by atoms with van der Waals surface area (Å²) < 4.78 is 0. The minimum absolute atomic E-state index is 0.184. The van der Waals surface area contributed by atoms with Gasteiger partial charge in [-0.15, -0.1) is 0 Å². The molecule has 0 atom stereocenters. The summed E-state index contributed by atoms with van der Waals surface area (Å²) in [6.45, 7) is 8.94. The third kappa shape index (κ3) is 6.52. The van der Waals surface area contributed by atoms with Crippen molar-refractivity contribution in [1.29, 1.82) is 10.5 Å². The van der Waals surface area contributed by atoms with E-state index in [-0.39, 0.29) is 5.91 Å². The predicted molar refractivity (Wildman–Crippen MR) is 88.5 cm³/mol. The van der Waals surface area contributed by atoms with Crippen LogP contribution in [-0.4, -0.2) is 17.1 Å². The average molecular weight is 308 g/mol. The summed E-state index contributed by atoms with van der Waals surface area (Å²) in [6, 6.07) is 10.8. The lowest BCUT2D eigenvalue weighted by Crippen LogP contribution is -2.13. The number of nitrogens with zero attached hydrogens (tertiary/aromatic N) is 4. The van der Waals surface area contributed by atoms with Crippen molar-refractivity contribution in [3.05, 3.63) is 59.3 Å². The molecule has 1 amide bonds. The van der Waals surface area contributed by atoms with Gasteiger partial charge in [-0.1, -0.05) is 17.7 Å². The molecule has 7 heteroatoms. The lowest BCUT2D eigenvalue weighted by atomic mass is 10.1. The molecule has 0 spiro atoms. The van der Waals surface area contributed by atoms with Crippen LogP contribution in [0.4, 0.5) is 5.82 Å². The maximum Gasteiger partial charge on any atom is 0.256 e. The van der Waals surface area contributed by atoms with Crippen LogP contribution in [0, 0.1) is 30.6 Å². The maximum atomic E-state index is 12.0. The molecule has 2 rings (SSSR count). The summed E-state index contributed by atoms with van der Waals surface area (Å²) in [5.41, 5.74) is 2.42. The van der Waals surface area contributed by atoms with Crippen molar-refractivity contribution in [1.82, 2.24) is 4.98 Å². The van der Waals surface area contributed by atoms with Gasteiger partial charge in [-0.3, -0.25) is 4.79 Å². The molecule has 0 radical (unpaired) electrons. The molecule has 3 N–H and O–H groups in total. The monoisotopic (exact) mass is 308 g/mol. The molecule has 0 saturated carbocycles. The molecular formula is C16H16N6O. The van der Waals surface area contributed by atoms with E-state index in [9.17, 15) is 4.79 Å². The van der Waals surface area contributed by atoms with E-state index in [1.165, 1.54) is 6.21 Å². The molecule has 0 aliphatic carbocycles. The zero-order valence-electron chi connectivity index (χ0n) is 12.5. The summed E-state index contributed by atoms with van der Waals surface area (Å²) >= 11 is 0. The van der Waals surface area contributed by atoms with Crippen LogP contribution in [0.2, 0.25) is 0 Å². The Labute approximate surface area is 134 Å². The highest BCUT2D eigenvalue weighted by Crippen LogP contribution is 2.08. The molecule has 23 heavy (non-hydrogen) atoms. The number of nitriles is 2. The molecular weight excluding hydrogens is 292 g/mol. The molecule has 0 bridgehead atoms. The third-order valence-corrected chi connectivity index (χ3v) is 2.53. The lowest BCUT2D eigenvalue weighted by Gasteiger charge is -2.05. The number of amides is 1. The van der Waals surface area contributed by atoms with Crippen LogP contribution in [-0.2, 0) is 0 Å². The van der Waals surface area contributed by atoms with Gasteiger partial charge < -0.3 is 11.2 Å². The van der Waals surface area contributed by atoms with E-state index in [1.54, 1.807) is 24.4 Å². The first-order valence-corrected chi connectivity index (χ1v) is 6.28. The van der Waals surface area contributed by atoms with Crippen molar-refractivity contribution in [2.75, 3.05) is 5.32 Å². The van der Waals surface area contributed by atoms with Crippen molar-refractivity contribution in [2.24, 2.45) is 10.9 Å². The molecule has 0 aliphatic rings. The Morgan fingerprint density at radius 1 is 1.26 bits per heavy atom. The van der Waals surface area contributed by atoms with Gasteiger partial charge in [0.05, 0.1) is 6.21 Å². The fourth-order valence-corrected chi connectivity index (χ4v) is 1.62. The van der Waals surface area contributed by atoms with Gasteiger partial charge in [-0.05, 0) is 31.2 Å². The van der Waals surface area contributed by atoms with Crippen LogP contribution < -0.4 is 11.2 Å². The molecule has 7 nitrogen and oxygen atoms in total. The summed E-state index contributed by atoms with van der Waals surface area (Å²) in [7, 11) is 0. The number of rotatable bonds is 3. The summed E-state index contributed by atoms with van der Waals surface area (Å²) in [5.74, 6) is 5.34. The number of benzene rings is 1. The van der Waals surface area contributed by atoms with Crippen molar-refractivity contribution in [2.45, 2.75) is 6.92 Å². The first kappa shape index (κ1) is 19.3. The highest BCUT2D eigenvalue weighted by molar-refractivity contribution is 6.03. The topological polar surface area (TPSA) is 128 Å². The molecule has 0 aliphatic heterocycles. The number of hydrogen-bond donors (Lipinski definition) is 2. The fraction of sp³-hybridized carbons (Fsp3) is 0.0625. The normalized spacial score (nSPS) is 8.91. The van der Waals surface area contributed by atoms with E-state index < -0.39 is 0 Å². The van der Waals surface area contributed by atoms with Crippen LogP contribution >= 0.6 is 0 Å². The van der Waals surface area contributed by atoms with E-state index in [2.05, 4.69) is 28.5 Å². The van der Waals surface area contributed by atoms with E-state index in [0.29, 0.717) is 11.4 Å². The number of aryl methyl sites for hydroxylation is 1. The highest BCUT2D eigenvalue weighted by Gasteiger charge is 2.06. The number of nitrogens with one attached hydrogen (secondary N) is 1. The van der Waals surface area contributed by atoms with E-state index >= 15 is 0 Å². The van der Waals surface area contributed by atoms with Gasteiger partial charge in [0.15, 0.2) is 0 Å². The molecule has 0 saturated heterocycles. The second kappa shape index (κ2) is 11.0. The Morgan fingerprint density at radius 3 is 2.48 bits per heavy atom. The number of hydrazone groups is 1. The third-order valence-electron chi connectivity index (χ3n) is 2.53. The van der Waals surface area contributed by atoms with Crippen molar-refractivity contribution in [3.63, 3.8) is 0 Å². The minimum atomic E-state index is -0.184. The van der Waals surface area contributed by atoms with Gasteiger partial charge in [0, 0.05) is 30.5 Å². The number of carbonyl (C=O) groups excluding carboxylic acids is 1. The van der Waals surface area contributed by atoms with Crippen LogP contribution in [0.15, 0.2) is 47.7 Å². The van der Waals surface area contributed by atoms with Gasteiger partial charge in [0.25, 0.3) is 5.91 Å². The molecule has 1 aromatic heterocycles. The van der Waals surface area contributed by atoms with Gasteiger partial charge >= 0.3 is 0 Å². The number of nitrogens with two attached hydrogens (primary N) is 1. The first-order chi connectivity index (χ1) is 11.2. The second-order valence-electron chi connectivity index (χ2n) is 4.08. The largest absolute Gasteiger partial charge is 0.323 e. The highest BCUT2D eigenvalue weighted by atomic mass is 16.1. The predicted octanol–water partition coefficient (Wildman–Crippen LogP) is 2.21. The minimum Gasteiger partial charge on any atom is -0.323 e. The maximum absolute atomic E-state index is 12.0. The van der Waals surface area contributed by atoms with Crippen molar-refractivity contribution < 1.29 is 4.79 Å². The average Bonchev–Trinajstić information content (AvgIpc) is 2.60. The quantitative estimate of drug-likeness (QED) is 0.510. The van der Waals surface area contributed by atoms with Gasteiger partial charge in [-0.2, -0.15) is 5.10 Å². The van der Waals surface area contributed by atoms with Gasteiger partial charge in [0.1, 0.15) is 5.82 Å². The SMILES string of the molecule is C#N.C#N.Cc1cccc(C(=O)Nc2ccc(C=NN)cn2)c1. The smallest absolute Gasteiger partial charge is 0.256 e. The first-order valence-electron chi connectivity index (χ1n) is 6.28. The van der Waals surface area contributed by atoms with Crippen LogP contribution in [0.3, 0.4) is 0 Å². The van der Waals surface area contributed by atoms with Gasteiger partial charge in [-0.25, -0.2) is 15.5 Å². The molecule has 1 aromatic carbocycles. The van der Waals surface area contributed by atoms with Crippen LogP contribution in [0.5, 0.6) is 0 Å². The van der Waals surface area contributed by atoms with E-state index in [0.717, 1.165) is 11.1 Å². The molecule has 0 unspecified atom stereocenters. The summed E-state index contributed by atoms with van der Waals surface area (Å²) in [5, 5.41) is 19.1. The fourth-order valence-electron chi connectivity index (χ4n) is 1.62. The molecule has 0 fully saturated rings. The number of anilines is 1. The number of pyridine rings is 1. The lowest BCUT2D eigenvalue weighted by molar-refractivity contribution is 0.102. The summed E-state index contributed by atoms with van der Waals surface area (Å²) in [4.78, 5) is 16.1. The number of aromatic nitrogens is 1. The number of hydrogen-bond acceptors (Lipinski definition) is 6. The second-order valence-corrected chi connectivity index (χ2v) is 4.08. The zero-order valence-corrected chi connectivity index (χ0v) is 12.5. The molecule has 1 heterocycles. The van der Waals surface area contributed by atoms with E-state index in [4.69, 9.17) is 16.4 Å². The summed E-state index contributed by atoms with van der Waals surface area (Å²) in [6.07, 6.45) is 3.07. The van der Waals surface area contributed by atoms with Crippen LogP contribution in [0.1, 0.15) is 21.5 Å². The number of carbonyl (C=O) groups is 1. The standard InChI is InChI=1S/C14H14N4O.2CHN/c1-10-3-2-4-12(7-10)14(19)18-13-6-5-11(8-16-13)9-17-15;2*1-2/h2-9H,15H2,1H3,(H,16,18,19);2*1H. The zero-order chi connectivity index (χ0) is 17.7.